The third-order valence-corrected chi connectivity index (χ3v) is 5.60. The van der Waals surface area contributed by atoms with Crippen molar-refractivity contribution in [2.75, 3.05) is 0 Å². The molecular formula is C22H43NO4. The van der Waals surface area contributed by atoms with Gasteiger partial charge in [0.25, 0.3) is 0 Å². The fourth-order valence-electron chi connectivity index (χ4n) is 3.95. The highest BCUT2D eigenvalue weighted by Crippen LogP contribution is 2.29. The second kappa shape index (κ2) is 11.9. The number of rotatable bonds is 10. The molecular weight excluding hydrogens is 342 g/mol. The third-order valence-electron chi connectivity index (χ3n) is 5.60. The van der Waals surface area contributed by atoms with Gasteiger partial charge in [-0.1, -0.05) is 58.8 Å². The molecule has 1 aliphatic rings. The first-order chi connectivity index (χ1) is 12.6. The summed E-state index contributed by atoms with van der Waals surface area (Å²) in [4.78, 5) is 12.3. The van der Waals surface area contributed by atoms with E-state index >= 15 is 0 Å². The number of ether oxygens (including phenoxy) is 1. The summed E-state index contributed by atoms with van der Waals surface area (Å²) in [5, 5.41) is 24.1. The molecule has 3 N–H and O–H groups in total. The van der Waals surface area contributed by atoms with Crippen molar-refractivity contribution in [1.29, 1.82) is 0 Å². The second-order valence-electron chi connectivity index (χ2n) is 9.48. The van der Waals surface area contributed by atoms with Crippen LogP contribution < -0.4 is 5.32 Å². The van der Waals surface area contributed by atoms with Crippen LogP contribution in [0.3, 0.4) is 0 Å². The summed E-state index contributed by atoms with van der Waals surface area (Å²) >= 11 is 0. The van der Waals surface area contributed by atoms with E-state index in [1.807, 2.05) is 27.7 Å². The Morgan fingerprint density at radius 1 is 1.15 bits per heavy atom. The maximum Gasteiger partial charge on any atom is 0.407 e. The zero-order valence-corrected chi connectivity index (χ0v) is 18.2. The van der Waals surface area contributed by atoms with Crippen molar-refractivity contribution in [1.82, 2.24) is 5.32 Å². The number of carbonyl (C=O) groups excluding carboxylic acids is 1. The van der Waals surface area contributed by atoms with Gasteiger partial charge in [-0.15, -0.1) is 0 Å². The monoisotopic (exact) mass is 385 g/mol. The molecule has 0 saturated heterocycles. The number of carbonyl (C=O) groups is 1. The van der Waals surface area contributed by atoms with Crippen LogP contribution in [0, 0.1) is 11.8 Å². The molecule has 1 rings (SSSR count). The molecule has 1 aliphatic carbocycles. The minimum absolute atomic E-state index is 0.000780. The minimum atomic E-state index is -0.675. The molecule has 5 nitrogen and oxygen atoms in total. The zero-order valence-electron chi connectivity index (χ0n) is 18.2. The lowest BCUT2D eigenvalue weighted by atomic mass is 9.82. The Labute approximate surface area is 166 Å². The van der Waals surface area contributed by atoms with Crippen LogP contribution in [0.25, 0.3) is 0 Å². The summed E-state index contributed by atoms with van der Waals surface area (Å²) in [6.45, 7) is 9.60. The molecule has 0 bridgehead atoms. The number of aliphatic hydroxyl groups excluding tert-OH is 2. The summed E-state index contributed by atoms with van der Waals surface area (Å²) in [5.41, 5.74) is -0.561. The van der Waals surface area contributed by atoms with E-state index in [1.54, 1.807) is 0 Å². The van der Waals surface area contributed by atoms with Crippen molar-refractivity contribution in [2.45, 2.75) is 123 Å². The summed E-state index contributed by atoms with van der Waals surface area (Å²) in [7, 11) is 0. The number of hydrogen-bond acceptors (Lipinski definition) is 4. The quantitative estimate of drug-likeness (QED) is 0.505. The molecule has 160 valence electrons. The van der Waals surface area contributed by atoms with Gasteiger partial charge in [0, 0.05) is 0 Å². The van der Waals surface area contributed by atoms with Gasteiger partial charge < -0.3 is 20.3 Å². The molecule has 1 fully saturated rings. The average molecular weight is 386 g/mol. The first-order valence-electron chi connectivity index (χ1n) is 11.0. The van der Waals surface area contributed by atoms with Crippen molar-refractivity contribution in [2.24, 2.45) is 11.8 Å². The Morgan fingerprint density at radius 2 is 1.78 bits per heavy atom. The van der Waals surface area contributed by atoms with Crippen LogP contribution in [-0.4, -0.2) is 40.2 Å². The normalized spacial score (nSPS) is 20.6. The number of amides is 1. The highest BCUT2D eigenvalue weighted by molar-refractivity contribution is 5.68. The minimum Gasteiger partial charge on any atom is -0.444 e. The van der Waals surface area contributed by atoms with Gasteiger partial charge in [-0.25, -0.2) is 4.79 Å². The largest absolute Gasteiger partial charge is 0.444 e. The Hall–Kier alpha value is -0.810. The van der Waals surface area contributed by atoms with Crippen LogP contribution in [-0.2, 0) is 4.74 Å². The van der Waals surface area contributed by atoms with Gasteiger partial charge in [0.2, 0.25) is 0 Å². The van der Waals surface area contributed by atoms with Crippen molar-refractivity contribution >= 4 is 6.09 Å². The SMILES string of the molecule is CCCCC(O)[C@H](C)C[C@H](O)[C@H](CC1CCCCC1)NC(=O)OC(C)(C)C. The fraction of sp³-hybridized carbons (Fsp3) is 0.955. The van der Waals surface area contributed by atoms with E-state index in [0.717, 1.165) is 38.5 Å². The lowest BCUT2D eigenvalue weighted by Gasteiger charge is -2.32. The average Bonchev–Trinajstić information content (AvgIpc) is 2.58. The molecule has 4 atom stereocenters. The number of aliphatic hydroxyl groups is 2. The molecule has 0 radical (unpaired) electrons. The lowest BCUT2D eigenvalue weighted by Crippen LogP contribution is -2.47. The summed E-state index contributed by atoms with van der Waals surface area (Å²) in [5.74, 6) is 0.537. The summed E-state index contributed by atoms with van der Waals surface area (Å²) in [6.07, 6.45) is 8.57. The smallest absolute Gasteiger partial charge is 0.407 e. The Morgan fingerprint density at radius 3 is 2.33 bits per heavy atom. The second-order valence-corrected chi connectivity index (χ2v) is 9.48. The maximum absolute atomic E-state index is 12.3. The topological polar surface area (TPSA) is 78.8 Å². The zero-order chi connectivity index (χ0) is 20.4. The van der Waals surface area contributed by atoms with E-state index in [0.29, 0.717) is 12.3 Å². The predicted octanol–water partition coefficient (Wildman–Crippen LogP) is 4.79. The molecule has 5 heteroatoms. The van der Waals surface area contributed by atoms with Gasteiger partial charge >= 0.3 is 6.09 Å². The van der Waals surface area contributed by atoms with Crippen LogP contribution >= 0.6 is 0 Å². The van der Waals surface area contributed by atoms with Gasteiger partial charge in [0.05, 0.1) is 18.2 Å². The van der Waals surface area contributed by atoms with E-state index in [-0.39, 0.29) is 12.0 Å². The van der Waals surface area contributed by atoms with Gasteiger partial charge in [-0.05, 0) is 51.9 Å². The van der Waals surface area contributed by atoms with Gasteiger partial charge in [-0.2, -0.15) is 0 Å². The Kier molecular flexibility index (Phi) is 10.7. The molecule has 0 aromatic heterocycles. The molecule has 0 aliphatic heterocycles. The Bertz CT molecular complexity index is 415. The number of alkyl carbamates (subject to hydrolysis) is 1. The van der Waals surface area contributed by atoms with Gasteiger partial charge in [0.1, 0.15) is 5.60 Å². The number of hydrogen-bond donors (Lipinski definition) is 3. The lowest BCUT2D eigenvalue weighted by molar-refractivity contribution is 0.0246. The molecule has 27 heavy (non-hydrogen) atoms. The molecule has 0 aromatic rings. The molecule has 1 saturated carbocycles. The molecule has 0 spiro atoms. The van der Waals surface area contributed by atoms with Crippen LogP contribution in [0.2, 0.25) is 0 Å². The van der Waals surface area contributed by atoms with Gasteiger partial charge in [0.15, 0.2) is 0 Å². The maximum atomic E-state index is 12.3. The number of unbranched alkanes of at least 4 members (excludes halogenated alkanes) is 1. The van der Waals surface area contributed by atoms with Gasteiger partial charge in [-0.3, -0.25) is 0 Å². The van der Waals surface area contributed by atoms with Crippen molar-refractivity contribution < 1.29 is 19.7 Å². The molecule has 0 heterocycles. The Balaban J connectivity index is 2.68. The van der Waals surface area contributed by atoms with Crippen LogP contribution in [0.4, 0.5) is 4.79 Å². The van der Waals surface area contributed by atoms with E-state index in [9.17, 15) is 15.0 Å². The number of nitrogens with one attached hydrogen (secondary N) is 1. The third kappa shape index (κ3) is 10.3. The van der Waals surface area contributed by atoms with Crippen LogP contribution in [0.5, 0.6) is 0 Å². The summed E-state index contributed by atoms with van der Waals surface area (Å²) < 4.78 is 5.40. The highest BCUT2D eigenvalue weighted by atomic mass is 16.6. The molecule has 1 unspecified atom stereocenters. The standard InChI is InChI=1S/C22H43NO4/c1-6-7-13-19(24)16(2)14-20(25)18(15-17-11-9-8-10-12-17)23-21(26)27-22(3,4)5/h16-20,24-25H,6-15H2,1-5H3,(H,23,26)/t16-,18+,19?,20+/m1/s1. The van der Waals surface area contributed by atoms with E-state index in [2.05, 4.69) is 12.2 Å². The van der Waals surface area contributed by atoms with Crippen molar-refractivity contribution in [3.8, 4) is 0 Å². The predicted molar refractivity (Wildman–Crippen MR) is 110 cm³/mol. The summed E-state index contributed by atoms with van der Waals surface area (Å²) in [6, 6.07) is -0.330. The highest BCUT2D eigenvalue weighted by Gasteiger charge is 2.30. The van der Waals surface area contributed by atoms with E-state index in [4.69, 9.17) is 4.74 Å². The fourth-order valence-corrected chi connectivity index (χ4v) is 3.95. The van der Waals surface area contributed by atoms with E-state index in [1.165, 1.54) is 19.3 Å². The first-order valence-corrected chi connectivity index (χ1v) is 11.0. The van der Waals surface area contributed by atoms with E-state index < -0.39 is 23.9 Å². The first kappa shape index (κ1) is 24.2. The van der Waals surface area contributed by atoms with Crippen molar-refractivity contribution in [3.63, 3.8) is 0 Å². The van der Waals surface area contributed by atoms with Crippen LogP contribution in [0.15, 0.2) is 0 Å². The van der Waals surface area contributed by atoms with Crippen LogP contribution in [0.1, 0.15) is 98.8 Å². The van der Waals surface area contributed by atoms with Crippen molar-refractivity contribution in [3.05, 3.63) is 0 Å². The molecule has 1 amide bonds. The molecule has 0 aromatic carbocycles.